The van der Waals surface area contributed by atoms with Crippen molar-refractivity contribution < 1.29 is 9.47 Å². The molecule has 100 valence electrons. The van der Waals surface area contributed by atoms with Gasteiger partial charge in [-0.2, -0.15) is 0 Å². The summed E-state index contributed by atoms with van der Waals surface area (Å²) in [5, 5.41) is 0. The van der Waals surface area contributed by atoms with Gasteiger partial charge in [0.2, 0.25) is 0 Å². The van der Waals surface area contributed by atoms with E-state index in [9.17, 15) is 0 Å². The van der Waals surface area contributed by atoms with Gasteiger partial charge >= 0.3 is 0 Å². The van der Waals surface area contributed by atoms with E-state index < -0.39 is 0 Å². The molecule has 1 aliphatic rings. The zero-order valence-electron chi connectivity index (χ0n) is 11.6. The average Bonchev–Trinajstić information content (AvgIpc) is 2.70. The number of rotatable bonds is 5. The molecular weight excluding hydrogens is 226 g/mol. The number of hydrogen-bond donors (Lipinski definition) is 0. The van der Waals surface area contributed by atoms with Gasteiger partial charge in [-0.05, 0) is 38.0 Å². The molecule has 0 aliphatic carbocycles. The summed E-state index contributed by atoms with van der Waals surface area (Å²) in [4.78, 5) is 2.28. The van der Waals surface area contributed by atoms with E-state index in [0.717, 1.165) is 25.3 Å². The summed E-state index contributed by atoms with van der Waals surface area (Å²) < 4.78 is 11.4. The van der Waals surface area contributed by atoms with Crippen LogP contribution in [-0.4, -0.2) is 36.9 Å². The second kappa shape index (κ2) is 5.72. The lowest BCUT2D eigenvalue weighted by Gasteiger charge is -2.17. The highest BCUT2D eigenvalue weighted by atomic mass is 16.5. The van der Waals surface area contributed by atoms with Gasteiger partial charge in [-0.3, -0.25) is 4.90 Å². The first-order chi connectivity index (χ1) is 8.59. The Balaban J connectivity index is 1.72. The van der Waals surface area contributed by atoms with E-state index in [1.165, 1.54) is 5.56 Å². The van der Waals surface area contributed by atoms with Gasteiger partial charge in [0.15, 0.2) is 0 Å². The second-order valence-electron chi connectivity index (χ2n) is 5.43. The molecule has 1 fully saturated rings. The first-order valence-corrected chi connectivity index (χ1v) is 6.67. The van der Waals surface area contributed by atoms with Gasteiger partial charge in [0, 0.05) is 13.1 Å². The molecule has 0 amide bonds. The second-order valence-corrected chi connectivity index (χ2v) is 5.43. The van der Waals surface area contributed by atoms with Crippen LogP contribution in [0.5, 0.6) is 5.75 Å². The van der Waals surface area contributed by atoms with Crippen LogP contribution in [0.1, 0.15) is 26.3 Å². The molecule has 1 aromatic carbocycles. The molecule has 1 saturated heterocycles. The molecule has 0 radical (unpaired) electrons. The van der Waals surface area contributed by atoms with E-state index in [-0.39, 0.29) is 5.60 Å². The molecular formula is C15H23NO2. The molecule has 2 rings (SSSR count). The first kappa shape index (κ1) is 13.4. The topological polar surface area (TPSA) is 21.7 Å². The summed E-state index contributed by atoms with van der Waals surface area (Å²) in [6, 6.07) is 8.33. The maximum atomic E-state index is 5.74. The van der Waals surface area contributed by atoms with Gasteiger partial charge in [-0.1, -0.05) is 19.1 Å². The van der Waals surface area contributed by atoms with Gasteiger partial charge in [0.1, 0.15) is 12.4 Å². The molecule has 0 unspecified atom stereocenters. The average molecular weight is 249 g/mol. The van der Waals surface area contributed by atoms with E-state index in [0.29, 0.717) is 13.3 Å². The number of hydrogen-bond acceptors (Lipinski definition) is 3. The first-order valence-electron chi connectivity index (χ1n) is 6.67. The Morgan fingerprint density at radius 1 is 1.28 bits per heavy atom. The van der Waals surface area contributed by atoms with Crippen LogP contribution in [-0.2, 0) is 11.2 Å². The molecule has 0 N–H and O–H groups in total. The number of ether oxygens (including phenoxy) is 2. The molecule has 3 heteroatoms. The minimum absolute atomic E-state index is 0.0111. The molecule has 0 bridgehead atoms. The van der Waals surface area contributed by atoms with Gasteiger partial charge in [0.05, 0.1) is 12.3 Å². The Kier molecular flexibility index (Phi) is 4.25. The maximum Gasteiger partial charge on any atom is 0.119 e. The number of benzene rings is 1. The molecule has 0 aromatic heterocycles. The van der Waals surface area contributed by atoms with Gasteiger partial charge in [0.25, 0.3) is 0 Å². The van der Waals surface area contributed by atoms with Crippen molar-refractivity contribution in [1.82, 2.24) is 4.90 Å². The zero-order chi connectivity index (χ0) is 13.0. The van der Waals surface area contributed by atoms with Crippen molar-refractivity contribution in [2.75, 3.05) is 26.4 Å². The van der Waals surface area contributed by atoms with Gasteiger partial charge in [-0.25, -0.2) is 0 Å². The monoisotopic (exact) mass is 249 g/mol. The molecule has 1 heterocycles. The third kappa shape index (κ3) is 3.72. The summed E-state index contributed by atoms with van der Waals surface area (Å²) >= 11 is 0. The van der Waals surface area contributed by atoms with Crippen LogP contribution in [0.25, 0.3) is 0 Å². The highest BCUT2D eigenvalue weighted by Crippen LogP contribution is 2.19. The Morgan fingerprint density at radius 3 is 2.56 bits per heavy atom. The van der Waals surface area contributed by atoms with E-state index >= 15 is 0 Å². The van der Waals surface area contributed by atoms with E-state index in [4.69, 9.17) is 9.47 Å². The fourth-order valence-corrected chi connectivity index (χ4v) is 2.15. The minimum atomic E-state index is -0.0111. The van der Waals surface area contributed by atoms with Crippen LogP contribution < -0.4 is 4.74 Å². The highest BCUT2D eigenvalue weighted by Gasteiger charge is 2.29. The molecule has 18 heavy (non-hydrogen) atoms. The van der Waals surface area contributed by atoms with Crippen molar-refractivity contribution >= 4 is 0 Å². The molecule has 0 saturated carbocycles. The minimum Gasteiger partial charge on any atom is -0.492 e. The number of aryl methyl sites for hydroxylation is 1. The van der Waals surface area contributed by atoms with E-state index in [1.807, 2.05) is 12.1 Å². The van der Waals surface area contributed by atoms with Crippen molar-refractivity contribution in [2.45, 2.75) is 32.8 Å². The fourth-order valence-electron chi connectivity index (χ4n) is 2.15. The van der Waals surface area contributed by atoms with E-state index in [1.54, 1.807) is 0 Å². The lowest BCUT2D eigenvalue weighted by atomic mass is 10.1. The summed E-state index contributed by atoms with van der Waals surface area (Å²) in [5.74, 6) is 0.951. The predicted molar refractivity (Wildman–Crippen MR) is 72.9 cm³/mol. The summed E-state index contributed by atoms with van der Waals surface area (Å²) in [6.07, 6.45) is 1.07. The largest absolute Gasteiger partial charge is 0.492 e. The summed E-state index contributed by atoms with van der Waals surface area (Å²) in [7, 11) is 0. The van der Waals surface area contributed by atoms with Gasteiger partial charge in [-0.15, -0.1) is 0 Å². The third-order valence-electron chi connectivity index (χ3n) is 3.25. The standard InChI is InChI=1S/C15H23NO2/c1-4-13-5-7-14(8-6-13)17-10-9-16-11-15(2,3)18-12-16/h5-8H,4,9-12H2,1-3H3. The van der Waals surface area contributed by atoms with Crippen LogP contribution in [0.4, 0.5) is 0 Å². The predicted octanol–water partition coefficient (Wildman–Crippen LogP) is 2.70. The molecule has 1 aliphatic heterocycles. The molecule has 3 nitrogen and oxygen atoms in total. The fraction of sp³-hybridized carbons (Fsp3) is 0.600. The van der Waals surface area contributed by atoms with Crippen molar-refractivity contribution in [3.05, 3.63) is 29.8 Å². The van der Waals surface area contributed by atoms with Crippen LogP contribution >= 0.6 is 0 Å². The van der Waals surface area contributed by atoms with E-state index in [2.05, 4.69) is 37.8 Å². The van der Waals surface area contributed by atoms with Crippen molar-refractivity contribution in [2.24, 2.45) is 0 Å². The lowest BCUT2D eigenvalue weighted by molar-refractivity contribution is 0.0312. The van der Waals surface area contributed by atoms with Crippen molar-refractivity contribution in [3.8, 4) is 5.75 Å². The quantitative estimate of drug-likeness (QED) is 0.801. The zero-order valence-corrected chi connectivity index (χ0v) is 11.6. The Labute approximate surface area is 110 Å². The molecule has 0 spiro atoms. The Morgan fingerprint density at radius 2 is 2.00 bits per heavy atom. The van der Waals surface area contributed by atoms with Crippen LogP contribution in [0.3, 0.4) is 0 Å². The Bertz CT molecular complexity index is 373. The van der Waals surface area contributed by atoms with Crippen molar-refractivity contribution in [3.63, 3.8) is 0 Å². The lowest BCUT2D eigenvalue weighted by Crippen LogP contribution is -2.30. The molecule has 0 atom stereocenters. The highest BCUT2D eigenvalue weighted by molar-refractivity contribution is 5.27. The normalized spacial score (nSPS) is 19.1. The number of nitrogens with zero attached hydrogens (tertiary/aromatic N) is 1. The summed E-state index contributed by atoms with van der Waals surface area (Å²) in [5.41, 5.74) is 1.33. The van der Waals surface area contributed by atoms with Crippen LogP contribution in [0.2, 0.25) is 0 Å². The van der Waals surface area contributed by atoms with Gasteiger partial charge < -0.3 is 9.47 Å². The molecule has 1 aromatic rings. The smallest absolute Gasteiger partial charge is 0.119 e. The SMILES string of the molecule is CCc1ccc(OCCN2COC(C)(C)C2)cc1. The van der Waals surface area contributed by atoms with Crippen LogP contribution in [0, 0.1) is 0 Å². The third-order valence-corrected chi connectivity index (χ3v) is 3.25. The van der Waals surface area contributed by atoms with Crippen molar-refractivity contribution in [1.29, 1.82) is 0 Å². The summed E-state index contributed by atoms with van der Waals surface area (Å²) in [6.45, 7) is 9.72. The van der Waals surface area contributed by atoms with Crippen LogP contribution in [0.15, 0.2) is 24.3 Å². The maximum absolute atomic E-state index is 5.74. The Hall–Kier alpha value is -1.06.